The van der Waals surface area contributed by atoms with Gasteiger partial charge in [-0.15, -0.1) is 6.58 Å². The van der Waals surface area contributed by atoms with Crippen LogP contribution in [0.2, 0.25) is 0 Å². The first kappa shape index (κ1) is 11.2. The first-order valence-corrected chi connectivity index (χ1v) is 4.55. The first-order valence-electron chi connectivity index (χ1n) is 4.55. The van der Waals surface area contributed by atoms with E-state index in [1.54, 1.807) is 12.1 Å². The highest BCUT2D eigenvalue weighted by Crippen LogP contribution is 2.18. The molecule has 0 saturated carbocycles. The molecule has 0 amide bonds. The van der Waals surface area contributed by atoms with Crippen LogP contribution in [0.5, 0.6) is 0 Å². The van der Waals surface area contributed by atoms with Crippen molar-refractivity contribution in [2.24, 2.45) is 0 Å². The quantitative estimate of drug-likeness (QED) is 0.430. The molecule has 0 aliphatic carbocycles. The second-order valence-corrected chi connectivity index (χ2v) is 3.04. The van der Waals surface area contributed by atoms with Gasteiger partial charge in [0.1, 0.15) is 5.92 Å². The molecule has 3 nitrogen and oxygen atoms in total. The SMILES string of the molecule is C=CC(C(=O)OC(C)=O)c1ccccc1. The normalized spacial score (nSPS) is 11.5. The Labute approximate surface area is 88.4 Å². The summed E-state index contributed by atoms with van der Waals surface area (Å²) in [6.07, 6.45) is 1.46. The molecule has 0 aromatic heterocycles. The molecule has 1 rings (SSSR count). The van der Waals surface area contributed by atoms with Gasteiger partial charge in [0.05, 0.1) is 0 Å². The molecule has 78 valence electrons. The van der Waals surface area contributed by atoms with Crippen LogP contribution in [0.15, 0.2) is 43.0 Å². The van der Waals surface area contributed by atoms with Crippen molar-refractivity contribution in [3.63, 3.8) is 0 Å². The van der Waals surface area contributed by atoms with Gasteiger partial charge in [-0.2, -0.15) is 0 Å². The number of carbonyl (C=O) groups is 2. The zero-order valence-electron chi connectivity index (χ0n) is 8.47. The van der Waals surface area contributed by atoms with Crippen molar-refractivity contribution < 1.29 is 14.3 Å². The van der Waals surface area contributed by atoms with Crippen LogP contribution in [0.4, 0.5) is 0 Å². The molecule has 15 heavy (non-hydrogen) atoms. The highest BCUT2D eigenvalue weighted by atomic mass is 16.6. The standard InChI is InChI=1S/C12H12O3/c1-3-11(12(14)15-9(2)13)10-7-5-4-6-8-10/h3-8,11H,1H2,2H3. The largest absolute Gasteiger partial charge is 0.393 e. The van der Waals surface area contributed by atoms with E-state index >= 15 is 0 Å². The van der Waals surface area contributed by atoms with Crippen LogP contribution in [0, 0.1) is 0 Å². The Kier molecular flexibility index (Phi) is 3.80. The molecular weight excluding hydrogens is 192 g/mol. The third kappa shape index (κ3) is 3.06. The number of carbonyl (C=O) groups excluding carboxylic acids is 2. The Balaban J connectivity index is 2.85. The predicted octanol–water partition coefficient (Wildman–Crippen LogP) is 2.05. The Morgan fingerprint density at radius 2 is 1.93 bits per heavy atom. The summed E-state index contributed by atoms with van der Waals surface area (Å²) < 4.78 is 4.51. The average molecular weight is 204 g/mol. The molecule has 0 saturated heterocycles. The van der Waals surface area contributed by atoms with E-state index in [0.29, 0.717) is 0 Å². The fraction of sp³-hybridized carbons (Fsp3) is 0.167. The molecule has 0 bridgehead atoms. The summed E-state index contributed by atoms with van der Waals surface area (Å²) in [7, 11) is 0. The number of esters is 2. The van der Waals surface area contributed by atoms with Gasteiger partial charge in [-0.3, -0.25) is 9.59 Å². The van der Waals surface area contributed by atoms with E-state index in [0.717, 1.165) is 5.56 Å². The average Bonchev–Trinajstić information content (AvgIpc) is 2.19. The number of rotatable bonds is 3. The molecule has 1 atom stereocenters. The van der Waals surface area contributed by atoms with Crippen molar-refractivity contribution in [1.82, 2.24) is 0 Å². The third-order valence-electron chi connectivity index (χ3n) is 1.89. The van der Waals surface area contributed by atoms with Gasteiger partial charge in [0, 0.05) is 6.92 Å². The van der Waals surface area contributed by atoms with Crippen LogP contribution in [0.3, 0.4) is 0 Å². The van der Waals surface area contributed by atoms with Crippen molar-refractivity contribution in [2.45, 2.75) is 12.8 Å². The van der Waals surface area contributed by atoms with Crippen molar-refractivity contribution in [2.75, 3.05) is 0 Å². The summed E-state index contributed by atoms with van der Waals surface area (Å²) >= 11 is 0. The van der Waals surface area contributed by atoms with Gasteiger partial charge in [-0.05, 0) is 5.56 Å². The Bertz CT molecular complexity index is 368. The predicted molar refractivity (Wildman–Crippen MR) is 56.2 cm³/mol. The number of ether oxygens (including phenoxy) is 1. The molecule has 0 radical (unpaired) electrons. The maximum atomic E-state index is 11.5. The van der Waals surface area contributed by atoms with Crippen LogP contribution in [0.25, 0.3) is 0 Å². The Morgan fingerprint density at radius 3 is 2.40 bits per heavy atom. The van der Waals surface area contributed by atoms with E-state index in [2.05, 4.69) is 11.3 Å². The third-order valence-corrected chi connectivity index (χ3v) is 1.89. The summed E-state index contributed by atoms with van der Waals surface area (Å²) in [6.45, 7) is 4.75. The summed E-state index contributed by atoms with van der Waals surface area (Å²) in [6, 6.07) is 9.04. The minimum atomic E-state index is -0.609. The lowest BCUT2D eigenvalue weighted by molar-refractivity contribution is -0.158. The topological polar surface area (TPSA) is 43.4 Å². The Hall–Kier alpha value is -1.90. The molecule has 0 N–H and O–H groups in total. The molecule has 1 aromatic carbocycles. The van der Waals surface area contributed by atoms with Crippen LogP contribution in [0.1, 0.15) is 18.4 Å². The molecule has 3 heteroatoms. The van der Waals surface area contributed by atoms with E-state index in [1.165, 1.54) is 13.0 Å². The fourth-order valence-corrected chi connectivity index (χ4v) is 1.23. The summed E-state index contributed by atoms with van der Waals surface area (Å²) in [5.41, 5.74) is 0.763. The lowest BCUT2D eigenvalue weighted by atomic mass is 10.00. The lowest BCUT2D eigenvalue weighted by Gasteiger charge is -2.09. The van der Waals surface area contributed by atoms with Gasteiger partial charge in [0.25, 0.3) is 0 Å². The molecule has 0 aliphatic rings. The minimum absolute atomic E-state index is 0.588. The number of benzene rings is 1. The molecule has 0 spiro atoms. The maximum absolute atomic E-state index is 11.5. The minimum Gasteiger partial charge on any atom is -0.393 e. The summed E-state index contributed by atoms with van der Waals surface area (Å²) in [5, 5.41) is 0. The van der Waals surface area contributed by atoms with Gasteiger partial charge < -0.3 is 4.74 Å². The molecule has 1 aromatic rings. The van der Waals surface area contributed by atoms with Crippen molar-refractivity contribution in [1.29, 1.82) is 0 Å². The molecule has 1 unspecified atom stereocenters. The lowest BCUT2D eigenvalue weighted by Crippen LogP contribution is -2.16. The zero-order chi connectivity index (χ0) is 11.3. The zero-order valence-corrected chi connectivity index (χ0v) is 8.47. The van der Waals surface area contributed by atoms with E-state index in [9.17, 15) is 9.59 Å². The van der Waals surface area contributed by atoms with Crippen LogP contribution < -0.4 is 0 Å². The van der Waals surface area contributed by atoms with Gasteiger partial charge in [0.15, 0.2) is 0 Å². The van der Waals surface area contributed by atoms with Crippen LogP contribution in [-0.4, -0.2) is 11.9 Å². The van der Waals surface area contributed by atoms with E-state index in [-0.39, 0.29) is 0 Å². The number of hydrogen-bond acceptors (Lipinski definition) is 3. The molecule has 0 fully saturated rings. The Morgan fingerprint density at radius 1 is 1.33 bits per heavy atom. The van der Waals surface area contributed by atoms with E-state index in [1.807, 2.05) is 18.2 Å². The van der Waals surface area contributed by atoms with Crippen LogP contribution >= 0.6 is 0 Å². The van der Waals surface area contributed by atoms with Crippen LogP contribution in [-0.2, 0) is 14.3 Å². The molecular formula is C12H12O3. The molecule has 0 aliphatic heterocycles. The van der Waals surface area contributed by atoms with Gasteiger partial charge in [-0.25, -0.2) is 0 Å². The maximum Gasteiger partial charge on any atom is 0.324 e. The van der Waals surface area contributed by atoms with Gasteiger partial charge in [0.2, 0.25) is 0 Å². The van der Waals surface area contributed by atoms with Crippen molar-refractivity contribution in [3.05, 3.63) is 48.6 Å². The van der Waals surface area contributed by atoms with Crippen molar-refractivity contribution >= 4 is 11.9 Å². The van der Waals surface area contributed by atoms with E-state index in [4.69, 9.17) is 0 Å². The smallest absolute Gasteiger partial charge is 0.324 e. The monoisotopic (exact) mass is 204 g/mol. The van der Waals surface area contributed by atoms with Gasteiger partial charge in [-0.1, -0.05) is 36.4 Å². The second-order valence-electron chi connectivity index (χ2n) is 3.04. The summed E-state index contributed by atoms with van der Waals surface area (Å²) in [5.74, 6) is -1.79. The van der Waals surface area contributed by atoms with Gasteiger partial charge >= 0.3 is 11.9 Å². The summed E-state index contributed by atoms with van der Waals surface area (Å²) in [4.78, 5) is 22.1. The fourth-order valence-electron chi connectivity index (χ4n) is 1.23. The van der Waals surface area contributed by atoms with E-state index < -0.39 is 17.9 Å². The first-order chi connectivity index (χ1) is 7.15. The second kappa shape index (κ2) is 5.10. The highest BCUT2D eigenvalue weighted by molar-refractivity contribution is 5.89. The van der Waals surface area contributed by atoms with Crippen molar-refractivity contribution in [3.8, 4) is 0 Å². The number of hydrogen-bond donors (Lipinski definition) is 0. The molecule has 0 heterocycles. The highest BCUT2D eigenvalue weighted by Gasteiger charge is 2.19.